The van der Waals surface area contributed by atoms with E-state index >= 15 is 0 Å². The molecule has 0 amide bonds. The number of hydrogen-bond acceptors (Lipinski definition) is 2. The predicted octanol–water partition coefficient (Wildman–Crippen LogP) is 4.90. The van der Waals surface area contributed by atoms with Crippen LogP contribution in [0.15, 0.2) is 24.3 Å². The van der Waals surface area contributed by atoms with Crippen molar-refractivity contribution in [3.8, 4) is 0 Å². The van der Waals surface area contributed by atoms with Gasteiger partial charge in [-0.3, -0.25) is 0 Å². The summed E-state index contributed by atoms with van der Waals surface area (Å²) in [4.78, 5) is 2.22. The van der Waals surface area contributed by atoms with Crippen molar-refractivity contribution in [2.75, 3.05) is 5.32 Å². The topological polar surface area (TPSA) is 12.0 Å². The molecule has 0 saturated carbocycles. The van der Waals surface area contributed by atoms with Gasteiger partial charge in [0.05, 0.1) is 11.7 Å². The van der Waals surface area contributed by atoms with Crippen LogP contribution in [0.5, 0.6) is 0 Å². The number of hydrogen-bond donors (Lipinski definition) is 1. The molecule has 5 heteroatoms. The van der Waals surface area contributed by atoms with Crippen molar-refractivity contribution in [1.82, 2.24) is 0 Å². The average molecular weight is 285 g/mol. The van der Waals surface area contributed by atoms with Crippen LogP contribution in [0.4, 0.5) is 18.9 Å². The Morgan fingerprint density at radius 3 is 2.58 bits per heavy atom. The number of anilines is 1. The van der Waals surface area contributed by atoms with Crippen LogP contribution >= 0.6 is 11.3 Å². The van der Waals surface area contributed by atoms with Gasteiger partial charge in [0.2, 0.25) is 0 Å². The van der Waals surface area contributed by atoms with Crippen LogP contribution < -0.4 is 5.32 Å². The van der Waals surface area contributed by atoms with Crippen LogP contribution in [0, 0.1) is 17.5 Å². The summed E-state index contributed by atoms with van der Waals surface area (Å²) in [5.41, 5.74) is -0.156. The second kappa shape index (κ2) is 5.65. The fourth-order valence-corrected chi connectivity index (χ4v) is 2.74. The van der Waals surface area contributed by atoms with Gasteiger partial charge in [-0.15, -0.1) is 11.3 Å². The second-order valence-corrected chi connectivity index (χ2v) is 5.47. The molecule has 1 aromatic carbocycles. The second-order valence-electron chi connectivity index (χ2n) is 4.27. The molecule has 0 saturated heterocycles. The van der Waals surface area contributed by atoms with E-state index in [0.29, 0.717) is 6.07 Å². The third kappa shape index (κ3) is 3.10. The van der Waals surface area contributed by atoms with Crippen molar-refractivity contribution in [3.63, 3.8) is 0 Å². The summed E-state index contributed by atoms with van der Waals surface area (Å²) in [6.45, 7) is 3.88. The van der Waals surface area contributed by atoms with Crippen LogP contribution in [-0.4, -0.2) is 0 Å². The van der Waals surface area contributed by atoms with Crippen LogP contribution in [0.25, 0.3) is 0 Å². The minimum Gasteiger partial charge on any atom is -0.375 e. The first-order valence-corrected chi connectivity index (χ1v) is 6.82. The van der Waals surface area contributed by atoms with Crippen molar-refractivity contribution in [2.24, 2.45) is 0 Å². The molecule has 2 aromatic rings. The van der Waals surface area contributed by atoms with Gasteiger partial charge in [0.15, 0.2) is 11.6 Å². The first kappa shape index (κ1) is 13.9. The van der Waals surface area contributed by atoms with Gasteiger partial charge in [0.1, 0.15) is 5.82 Å². The van der Waals surface area contributed by atoms with Crippen LogP contribution in [0.1, 0.15) is 29.6 Å². The molecule has 2 rings (SSSR count). The number of nitrogens with one attached hydrogen (secondary N) is 1. The summed E-state index contributed by atoms with van der Waals surface area (Å²) in [6, 6.07) is 5.23. The van der Waals surface area contributed by atoms with Crippen molar-refractivity contribution < 1.29 is 13.2 Å². The SMILES string of the molecule is CCc1ccc(C(C)Nc2cc(F)cc(F)c2F)s1. The van der Waals surface area contributed by atoms with E-state index in [1.165, 1.54) is 4.88 Å². The zero-order valence-corrected chi connectivity index (χ0v) is 11.5. The molecule has 0 fully saturated rings. The zero-order chi connectivity index (χ0) is 14.0. The van der Waals surface area contributed by atoms with E-state index < -0.39 is 17.5 Å². The minimum absolute atomic E-state index is 0.156. The van der Waals surface area contributed by atoms with Crippen molar-refractivity contribution in [1.29, 1.82) is 0 Å². The fraction of sp³-hybridized carbons (Fsp3) is 0.286. The van der Waals surface area contributed by atoms with Gasteiger partial charge in [-0.05, 0) is 25.5 Å². The van der Waals surface area contributed by atoms with Crippen molar-refractivity contribution >= 4 is 17.0 Å². The maximum absolute atomic E-state index is 13.5. The molecular weight excluding hydrogens is 271 g/mol. The molecule has 0 bridgehead atoms. The first-order chi connectivity index (χ1) is 9.01. The summed E-state index contributed by atoms with van der Waals surface area (Å²) in [6.07, 6.45) is 0.931. The number of halogens is 3. The maximum Gasteiger partial charge on any atom is 0.182 e. The Hall–Kier alpha value is -1.49. The summed E-state index contributed by atoms with van der Waals surface area (Å²) in [5, 5.41) is 2.80. The molecule has 1 nitrogen and oxygen atoms in total. The number of rotatable bonds is 4. The summed E-state index contributed by atoms with van der Waals surface area (Å²) in [7, 11) is 0. The quantitative estimate of drug-likeness (QED) is 0.788. The zero-order valence-electron chi connectivity index (χ0n) is 10.6. The Balaban J connectivity index is 2.21. The third-order valence-corrected chi connectivity index (χ3v) is 4.23. The smallest absolute Gasteiger partial charge is 0.182 e. The lowest BCUT2D eigenvalue weighted by atomic mass is 10.2. The molecule has 0 aliphatic rings. The number of aryl methyl sites for hydroxylation is 1. The van der Waals surface area contributed by atoms with E-state index in [1.54, 1.807) is 11.3 Å². The lowest BCUT2D eigenvalue weighted by Crippen LogP contribution is -2.07. The number of thiophene rings is 1. The first-order valence-electron chi connectivity index (χ1n) is 6.01. The van der Waals surface area contributed by atoms with E-state index in [4.69, 9.17) is 0 Å². The Morgan fingerprint density at radius 2 is 1.95 bits per heavy atom. The van der Waals surface area contributed by atoms with E-state index in [0.717, 1.165) is 17.4 Å². The van der Waals surface area contributed by atoms with Crippen LogP contribution in [0.2, 0.25) is 0 Å². The fourth-order valence-electron chi connectivity index (χ4n) is 1.78. The van der Waals surface area contributed by atoms with E-state index in [-0.39, 0.29) is 11.7 Å². The number of benzene rings is 1. The Bertz CT molecular complexity index is 580. The molecule has 102 valence electrons. The molecule has 1 unspecified atom stereocenters. The lowest BCUT2D eigenvalue weighted by molar-refractivity contribution is 0.496. The highest BCUT2D eigenvalue weighted by Gasteiger charge is 2.15. The Kier molecular flexibility index (Phi) is 4.14. The highest BCUT2D eigenvalue weighted by atomic mass is 32.1. The van der Waals surface area contributed by atoms with Gasteiger partial charge < -0.3 is 5.32 Å². The van der Waals surface area contributed by atoms with E-state index in [9.17, 15) is 13.2 Å². The van der Waals surface area contributed by atoms with Crippen molar-refractivity contribution in [3.05, 3.63) is 51.5 Å². The van der Waals surface area contributed by atoms with Crippen molar-refractivity contribution in [2.45, 2.75) is 26.3 Å². The predicted molar refractivity (Wildman–Crippen MR) is 72.1 cm³/mol. The Labute approximate surface area is 114 Å². The molecule has 1 N–H and O–H groups in total. The van der Waals surface area contributed by atoms with Gasteiger partial charge >= 0.3 is 0 Å². The van der Waals surface area contributed by atoms with Crippen LogP contribution in [-0.2, 0) is 6.42 Å². The molecule has 19 heavy (non-hydrogen) atoms. The molecular formula is C14H14F3NS. The van der Waals surface area contributed by atoms with Crippen LogP contribution in [0.3, 0.4) is 0 Å². The minimum atomic E-state index is -1.19. The molecule has 0 radical (unpaired) electrons. The van der Waals surface area contributed by atoms with Gasteiger partial charge in [-0.25, -0.2) is 13.2 Å². The van der Waals surface area contributed by atoms with E-state index in [1.807, 2.05) is 19.1 Å². The third-order valence-electron chi connectivity index (χ3n) is 2.82. The van der Waals surface area contributed by atoms with Gasteiger partial charge in [-0.1, -0.05) is 6.92 Å². The average Bonchev–Trinajstić information content (AvgIpc) is 2.84. The molecule has 0 aliphatic carbocycles. The van der Waals surface area contributed by atoms with Gasteiger partial charge in [-0.2, -0.15) is 0 Å². The lowest BCUT2D eigenvalue weighted by Gasteiger charge is -2.14. The molecule has 1 heterocycles. The monoisotopic (exact) mass is 285 g/mol. The highest BCUT2D eigenvalue weighted by molar-refractivity contribution is 7.12. The van der Waals surface area contributed by atoms with E-state index in [2.05, 4.69) is 12.2 Å². The normalized spacial score (nSPS) is 12.5. The molecule has 1 atom stereocenters. The summed E-state index contributed by atoms with van der Waals surface area (Å²) < 4.78 is 39.7. The summed E-state index contributed by atoms with van der Waals surface area (Å²) >= 11 is 1.60. The Morgan fingerprint density at radius 1 is 1.21 bits per heavy atom. The highest BCUT2D eigenvalue weighted by Crippen LogP contribution is 2.28. The van der Waals surface area contributed by atoms with Gasteiger partial charge in [0, 0.05) is 21.9 Å². The molecule has 0 spiro atoms. The molecule has 1 aromatic heterocycles. The summed E-state index contributed by atoms with van der Waals surface area (Å²) in [5.74, 6) is -3.04. The molecule has 0 aliphatic heterocycles. The van der Waals surface area contributed by atoms with Gasteiger partial charge in [0.25, 0.3) is 0 Å². The largest absolute Gasteiger partial charge is 0.375 e. The standard InChI is InChI=1S/C14H14F3NS/c1-3-10-4-5-13(19-10)8(2)18-12-7-9(15)6-11(16)14(12)17/h4-8,18H,3H2,1-2H3. The maximum atomic E-state index is 13.5.